The van der Waals surface area contributed by atoms with Gasteiger partial charge in [-0.25, -0.2) is 0 Å². The maximum atomic E-state index is 9.85. The molecule has 0 bridgehead atoms. The summed E-state index contributed by atoms with van der Waals surface area (Å²) in [5, 5.41) is 9.85. The monoisotopic (exact) mass is 282 g/mol. The van der Waals surface area contributed by atoms with Crippen LogP contribution in [0.3, 0.4) is 0 Å². The fourth-order valence-corrected chi connectivity index (χ4v) is 3.00. The minimum atomic E-state index is -0.466. The van der Waals surface area contributed by atoms with Crippen molar-refractivity contribution in [2.45, 2.75) is 32.8 Å². The molecule has 3 heteroatoms. The molecule has 0 amide bonds. The summed E-state index contributed by atoms with van der Waals surface area (Å²) < 4.78 is 0. The molecular formula is C18H22N2O. The molecule has 3 rings (SSSR count). The highest BCUT2D eigenvalue weighted by molar-refractivity contribution is 5.67. The van der Waals surface area contributed by atoms with Crippen LogP contribution in [0.25, 0.3) is 0 Å². The molecule has 2 heterocycles. The van der Waals surface area contributed by atoms with Crippen LogP contribution in [0.2, 0.25) is 0 Å². The molecule has 0 fully saturated rings. The largest absolute Gasteiger partial charge is 0.387 e. The first-order chi connectivity index (χ1) is 10.2. The number of aliphatic hydroxyl groups is 1. The van der Waals surface area contributed by atoms with Crippen LogP contribution in [0.4, 0.5) is 11.4 Å². The van der Waals surface area contributed by atoms with E-state index in [0.717, 1.165) is 24.3 Å². The van der Waals surface area contributed by atoms with Crippen molar-refractivity contribution in [2.24, 2.45) is 5.92 Å². The Morgan fingerprint density at radius 2 is 2.10 bits per heavy atom. The quantitative estimate of drug-likeness (QED) is 0.928. The van der Waals surface area contributed by atoms with E-state index in [9.17, 15) is 5.11 Å². The van der Waals surface area contributed by atoms with Crippen LogP contribution < -0.4 is 4.90 Å². The average Bonchev–Trinajstić information content (AvgIpc) is 2.53. The summed E-state index contributed by atoms with van der Waals surface area (Å²) in [6.45, 7) is 5.25. The topological polar surface area (TPSA) is 36.4 Å². The van der Waals surface area contributed by atoms with Crippen molar-refractivity contribution in [1.29, 1.82) is 0 Å². The van der Waals surface area contributed by atoms with E-state index < -0.39 is 6.10 Å². The third kappa shape index (κ3) is 2.79. The van der Waals surface area contributed by atoms with Crippen LogP contribution in [0, 0.1) is 5.92 Å². The molecule has 3 nitrogen and oxygen atoms in total. The van der Waals surface area contributed by atoms with Crippen LogP contribution in [-0.4, -0.2) is 16.6 Å². The van der Waals surface area contributed by atoms with Gasteiger partial charge in [0.25, 0.3) is 0 Å². The van der Waals surface area contributed by atoms with Gasteiger partial charge in [-0.1, -0.05) is 32.0 Å². The molecule has 0 radical (unpaired) electrons. The molecule has 0 aliphatic carbocycles. The molecule has 1 N–H and O–H groups in total. The smallest absolute Gasteiger partial charge is 0.0957 e. The third-order valence-corrected chi connectivity index (χ3v) is 4.16. The predicted octanol–water partition coefficient (Wildman–Crippen LogP) is 3.86. The van der Waals surface area contributed by atoms with E-state index in [1.165, 1.54) is 11.3 Å². The minimum absolute atomic E-state index is 0.466. The Kier molecular flexibility index (Phi) is 3.93. The molecule has 1 aromatic carbocycles. The van der Waals surface area contributed by atoms with Gasteiger partial charge in [0.1, 0.15) is 0 Å². The Morgan fingerprint density at radius 3 is 2.81 bits per heavy atom. The number of hydrogen-bond acceptors (Lipinski definition) is 3. The Hall–Kier alpha value is -1.87. The van der Waals surface area contributed by atoms with Crippen molar-refractivity contribution < 1.29 is 5.11 Å². The first-order valence-electron chi connectivity index (χ1n) is 7.68. The number of rotatable bonds is 3. The number of fused-ring (bicyclic) bond motifs is 1. The lowest BCUT2D eigenvalue weighted by Crippen LogP contribution is -2.30. The molecule has 1 unspecified atom stereocenters. The summed E-state index contributed by atoms with van der Waals surface area (Å²) in [5.74, 6) is 0.626. The van der Waals surface area contributed by atoms with Gasteiger partial charge in [0.2, 0.25) is 0 Å². The van der Waals surface area contributed by atoms with Gasteiger partial charge in [-0.2, -0.15) is 0 Å². The molecule has 1 aromatic heterocycles. The highest BCUT2D eigenvalue weighted by Gasteiger charge is 2.22. The Morgan fingerprint density at radius 1 is 1.29 bits per heavy atom. The van der Waals surface area contributed by atoms with Gasteiger partial charge in [0.05, 0.1) is 23.7 Å². The summed E-state index contributed by atoms with van der Waals surface area (Å²) in [6.07, 6.45) is 3.23. The molecule has 1 aliphatic rings. The summed E-state index contributed by atoms with van der Waals surface area (Å²) in [6, 6.07) is 12.6. The van der Waals surface area contributed by atoms with E-state index in [1.54, 1.807) is 0 Å². The maximum Gasteiger partial charge on any atom is 0.0957 e. The molecule has 110 valence electrons. The van der Waals surface area contributed by atoms with Gasteiger partial charge in [-0.15, -0.1) is 0 Å². The van der Waals surface area contributed by atoms with E-state index in [4.69, 9.17) is 0 Å². The number of para-hydroxylation sites is 1. The summed E-state index contributed by atoms with van der Waals surface area (Å²) >= 11 is 0. The Labute approximate surface area is 126 Å². The Bertz CT molecular complexity index is 609. The highest BCUT2D eigenvalue weighted by atomic mass is 16.3. The lowest BCUT2D eigenvalue weighted by Gasteiger charge is -2.34. The van der Waals surface area contributed by atoms with E-state index in [2.05, 4.69) is 47.1 Å². The van der Waals surface area contributed by atoms with Gasteiger partial charge in [0, 0.05) is 12.2 Å². The molecule has 2 aromatic rings. The molecule has 0 saturated carbocycles. The highest BCUT2D eigenvalue weighted by Crippen LogP contribution is 2.35. The summed E-state index contributed by atoms with van der Waals surface area (Å²) in [7, 11) is 0. The normalized spacial score (nSPS) is 19.2. The summed E-state index contributed by atoms with van der Waals surface area (Å²) in [5.41, 5.74) is 4.52. The molecule has 21 heavy (non-hydrogen) atoms. The molecular weight excluding hydrogens is 260 g/mol. The number of nitrogens with zero attached hydrogens (tertiary/aromatic N) is 2. The van der Waals surface area contributed by atoms with E-state index in [-0.39, 0.29) is 0 Å². The molecule has 0 saturated heterocycles. The van der Waals surface area contributed by atoms with Gasteiger partial charge >= 0.3 is 0 Å². The van der Waals surface area contributed by atoms with Gasteiger partial charge < -0.3 is 10.0 Å². The SMILES string of the molecule is CC[C@@H](O)c1ccc(N2CC(C)Cc3ccccc32)cn1. The third-order valence-electron chi connectivity index (χ3n) is 4.16. The zero-order valence-corrected chi connectivity index (χ0v) is 12.7. The van der Waals surface area contributed by atoms with Crippen LogP contribution in [0.15, 0.2) is 42.6 Å². The fraction of sp³-hybridized carbons (Fsp3) is 0.389. The Balaban J connectivity index is 1.93. The van der Waals surface area contributed by atoms with E-state index in [1.807, 2.05) is 19.2 Å². The predicted molar refractivity (Wildman–Crippen MR) is 85.8 cm³/mol. The number of anilines is 2. The lowest BCUT2D eigenvalue weighted by molar-refractivity contribution is 0.169. The van der Waals surface area contributed by atoms with Crippen molar-refractivity contribution in [1.82, 2.24) is 4.98 Å². The molecule has 1 aliphatic heterocycles. The van der Waals surface area contributed by atoms with E-state index >= 15 is 0 Å². The minimum Gasteiger partial charge on any atom is -0.387 e. The average molecular weight is 282 g/mol. The summed E-state index contributed by atoms with van der Waals surface area (Å²) in [4.78, 5) is 6.76. The first kappa shape index (κ1) is 14.1. The van der Waals surface area contributed by atoms with Gasteiger partial charge in [0.15, 0.2) is 0 Å². The molecule has 2 atom stereocenters. The van der Waals surface area contributed by atoms with Crippen LogP contribution >= 0.6 is 0 Å². The number of pyridine rings is 1. The van der Waals surface area contributed by atoms with Crippen LogP contribution in [0.5, 0.6) is 0 Å². The van der Waals surface area contributed by atoms with E-state index in [0.29, 0.717) is 12.3 Å². The van der Waals surface area contributed by atoms with Crippen molar-refractivity contribution in [2.75, 3.05) is 11.4 Å². The number of aromatic nitrogens is 1. The van der Waals surface area contributed by atoms with Crippen molar-refractivity contribution in [3.63, 3.8) is 0 Å². The second kappa shape index (κ2) is 5.86. The maximum absolute atomic E-state index is 9.85. The fourth-order valence-electron chi connectivity index (χ4n) is 3.00. The van der Waals surface area contributed by atoms with Gasteiger partial charge in [-0.05, 0) is 42.5 Å². The first-order valence-corrected chi connectivity index (χ1v) is 7.68. The standard InChI is InChI=1S/C18H22N2O/c1-3-18(21)16-9-8-15(11-19-16)20-12-13(2)10-14-6-4-5-7-17(14)20/h4-9,11,13,18,21H,3,10,12H2,1-2H3/t13?,18-/m1/s1. The lowest BCUT2D eigenvalue weighted by atomic mass is 9.93. The van der Waals surface area contributed by atoms with Gasteiger partial charge in [-0.3, -0.25) is 4.98 Å². The van der Waals surface area contributed by atoms with Crippen LogP contribution in [-0.2, 0) is 6.42 Å². The number of aliphatic hydroxyl groups excluding tert-OH is 1. The second-order valence-corrected chi connectivity index (χ2v) is 5.91. The number of hydrogen-bond donors (Lipinski definition) is 1. The van der Waals surface area contributed by atoms with Crippen molar-refractivity contribution >= 4 is 11.4 Å². The zero-order chi connectivity index (χ0) is 14.8. The molecule has 0 spiro atoms. The number of benzene rings is 1. The second-order valence-electron chi connectivity index (χ2n) is 5.91. The van der Waals surface area contributed by atoms with Crippen LogP contribution in [0.1, 0.15) is 37.6 Å². The van der Waals surface area contributed by atoms with Crippen molar-refractivity contribution in [3.8, 4) is 0 Å². The van der Waals surface area contributed by atoms with Crippen molar-refractivity contribution in [3.05, 3.63) is 53.9 Å². The zero-order valence-electron chi connectivity index (χ0n) is 12.7.